The standard InChI is InChI=1S/C19H20N6OS/c1-13-12-27-19(21-13)22-18(26)15-6-10-25(11-7-15)17-3-2-16(23-24-17)14-4-8-20-9-5-14/h2-5,8-9,12,15H,6-7,10-11H2,1H3,(H,21,22,26). The number of aromatic nitrogens is 4. The van der Waals surface area contributed by atoms with Gasteiger partial charge in [-0.1, -0.05) is 0 Å². The van der Waals surface area contributed by atoms with Crippen LogP contribution in [0.1, 0.15) is 18.5 Å². The van der Waals surface area contributed by atoms with Gasteiger partial charge in [-0.2, -0.15) is 0 Å². The summed E-state index contributed by atoms with van der Waals surface area (Å²) in [6.07, 6.45) is 5.08. The third-order valence-corrected chi connectivity index (χ3v) is 5.54. The summed E-state index contributed by atoms with van der Waals surface area (Å²) >= 11 is 1.46. The minimum atomic E-state index is 0.00880. The number of anilines is 2. The number of pyridine rings is 1. The molecule has 3 aromatic rings. The maximum atomic E-state index is 12.4. The predicted molar refractivity (Wildman–Crippen MR) is 106 cm³/mol. The van der Waals surface area contributed by atoms with Crippen LogP contribution in [0.15, 0.2) is 42.0 Å². The van der Waals surface area contributed by atoms with Gasteiger partial charge in [-0.3, -0.25) is 9.78 Å². The minimum absolute atomic E-state index is 0.00880. The number of rotatable bonds is 4. The molecule has 1 saturated heterocycles. The summed E-state index contributed by atoms with van der Waals surface area (Å²) in [6, 6.07) is 7.79. The first kappa shape index (κ1) is 17.5. The number of nitrogens with zero attached hydrogens (tertiary/aromatic N) is 5. The SMILES string of the molecule is Cc1csc(NC(=O)C2CCN(c3ccc(-c4ccncc4)nn3)CC2)n1. The van der Waals surface area contributed by atoms with Gasteiger partial charge in [0.05, 0.1) is 11.4 Å². The third-order valence-electron chi connectivity index (χ3n) is 4.67. The lowest BCUT2D eigenvalue weighted by Gasteiger charge is -2.31. The van der Waals surface area contributed by atoms with E-state index >= 15 is 0 Å². The lowest BCUT2D eigenvalue weighted by molar-refractivity contribution is -0.120. The summed E-state index contributed by atoms with van der Waals surface area (Å²) < 4.78 is 0. The molecule has 4 rings (SSSR count). The molecule has 8 heteroatoms. The second-order valence-corrected chi connectivity index (χ2v) is 7.42. The van der Waals surface area contributed by atoms with Crippen LogP contribution in [0.4, 0.5) is 10.9 Å². The minimum Gasteiger partial charge on any atom is -0.355 e. The zero-order valence-electron chi connectivity index (χ0n) is 15.0. The Labute approximate surface area is 161 Å². The van der Waals surface area contributed by atoms with Crippen molar-refractivity contribution in [2.45, 2.75) is 19.8 Å². The van der Waals surface area contributed by atoms with Crippen LogP contribution in [-0.2, 0) is 4.79 Å². The number of amides is 1. The van der Waals surface area contributed by atoms with Crippen molar-refractivity contribution in [3.8, 4) is 11.3 Å². The first-order chi connectivity index (χ1) is 13.2. The van der Waals surface area contributed by atoms with E-state index in [0.717, 1.165) is 48.7 Å². The highest BCUT2D eigenvalue weighted by molar-refractivity contribution is 7.13. The summed E-state index contributed by atoms with van der Waals surface area (Å²) in [5.74, 6) is 0.917. The molecule has 138 valence electrons. The second-order valence-electron chi connectivity index (χ2n) is 6.56. The third kappa shape index (κ3) is 4.11. The van der Waals surface area contributed by atoms with E-state index in [1.54, 1.807) is 12.4 Å². The normalized spacial score (nSPS) is 14.9. The molecule has 0 spiro atoms. The summed E-state index contributed by atoms with van der Waals surface area (Å²) in [7, 11) is 0. The monoisotopic (exact) mass is 380 g/mol. The maximum absolute atomic E-state index is 12.4. The van der Waals surface area contributed by atoms with Gasteiger partial charge < -0.3 is 10.2 Å². The molecular formula is C19H20N6OS. The Morgan fingerprint density at radius 3 is 2.56 bits per heavy atom. The van der Waals surface area contributed by atoms with E-state index in [2.05, 4.69) is 30.4 Å². The number of thiazole rings is 1. The maximum Gasteiger partial charge on any atom is 0.229 e. The smallest absolute Gasteiger partial charge is 0.229 e. The van der Waals surface area contributed by atoms with Gasteiger partial charge in [0.15, 0.2) is 10.9 Å². The van der Waals surface area contributed by atoms with Crippen LogP contribution in [0.2, 0.25) is 0 Å². The van der Waals surface area contributed by atoms with Gasteiger partial charge in [0, 0.05) is 42.3 Å². The molecule has 3 aromatic heterocycles. The quantitative estimate of drug-likeness (QED) is 0.748. The number of carbonyl (C=O) groups is 1. The Morgan fingerprint density at radius 2 is 1.93 bits per heavy atom. The van der Waals surface area contributed by atoms with Crippen LogP contribution >= 0.6 is 11.3 Å². The summed E-state index contributed by atoms with van der Waals surface area (Å²) in [5, 5.41) is 14.2. The van der Waals surface area contributed by atoms with Gasteiger partial charge >= 0.3 is 0 Å². The largest absolute Gasteiger partial charge is 0.355 e. The number of carbonyl (C=O) groups excluding carboxylic acids is 1. The van der Waals surface area contributed by atoms with Gasteiger partial charge in [0.1, 0.15) is 0 Å². The van der Waals surface area contributed by atoms with Gasteiger partial charge in [-0.15, -0.1) is 21.5 Å². The van der Waals surface area contributed by atoms with Gasteiger partial charge in [0.2, 0.25) is 5.91 Å². The fraction of sp³-hybridized carbons (Fsp3) is 0.316. The second kappa shape index (κ2) is 7.79. The Kier molecular flexibility index (Phi) is 5.06. The molecule has 27 heavy (non-hydrogen) atoms. The lowest BCUT2D eigenvalue weighted by atomic mass is 9.96. The van der Waals surface area contributed by atoms with Crippen molar-refractivity contribution < 1.29 is 4.79 Å². The predicted octanol–water partition coefficient (Wildman–Crippen LogP) is 3.16. The van der Waals surface area contributed by atoms with E-state index in [1.807, 2.05) is 36.6 Å². The van der Waals surface area contributed by atoms with Gasteiger partial charge in [0.25, 0.3) is 0 Å². The molecular weight excluding hydrogens is 360 g/mol. The molecule has 4 heterocycles. The number of hydrogen-bond acceptors (Lipinski definition) is 7. The topological polar surface area (TPSA) is 83.9 Å². The molecule has 0 aromatic carbocycles. The number of piperidine rings is 1. The molecule has 0 bridgehead atoms. The zero-order valence-corrected chi connectivity index (χ0v) is 15.8. The summed E-state index contributed by atoms with van der Waals surface area (Å²) in [4.78, 5) is 22.9. The molecule has 0 saturated carbocycles. The Hall–Kier alpha value is -2.87. The molecule has 1 N–H and O–H groups in total. The molecule has 0 atom stereocenters. The van der Waals surface area contributed by atoms with Crippen molar-refractivity contribution in [3.63, 3.8) is 0 Å². The van der Waals surface area contributed by atoms with E-state index in [4.69, 9.17) is 0 Å². The molecule has 1 aliphatic heterocycles. The van der Waals surface area contributed by atoms with E-state index in [1.165, 1.54) is 11.3 Å². The Morgan fingerprint density at radius 1 is 1.15 bits per heavy atom. The number of hydrogen-bond donors (Lipinski definition) is 1. The summed E-state index contributed by atoms with van der Waals surface area (Å²) in [6.45, 7) is 3.50. The van der Waals surface area contributed by atoms with Crippen molar-refractivity contribution in [1.82, 2.24) is 20.2 Å². The van der Waals surface area contributed by atoms with Crippen molar-refractivity contribution in [1.29, 1.82) is 0 Å². The van der Waals surface area contributed by atoms with Crippen molar-refractivity contribution >= 4 is 28.2 Å². The first-order valence-electron chi connectivity index (χ1n) is 8.91. The van der Waals surface area contributed by atoms with Crippen LogP contribution in [0.5, 0.6) is 0 Å². The first-order valence-corrected chi connectivity index (χ1v) is 9.79. The van der Waals surface area contributed by atoms with Crippen LogP contribution in [0.25, 0.3) is 11.3 Å². The Balaban J connectivity index is 1.34. The van der Waals surface area contributed by atoms with Gasteiger partial charge in [-0.25, -0.2) is 4.98 Å². The Bertz CT molecular complexity index is 903. The highest BCUT2D eigenvalue weighted by atomic mass is 32.1. The molecule has 1 aliphatic rings. The molecule has 7 nitrogen and oxygen atoms in total. The van der Waals surface area contributed by atoms with Crippen LogP contribution < -0.4 is 10.2 Å². The molecule has 0 radical (unpaired) electrons. The van der Waals surface area contributed by atoms with Crippen molar-refractivity contribution in [2.75, 3.05) is 23.3 Å². The molecule has 0 aliphatic carbocycles. The van der Waals surface area contributed by atoms with Crippen LogP contribution in [0, 0.1) is 12.8 Å². The summed E-state index contributed by atoms with van der Waals surface area (Å²) in [5.41, 5.74) is 2.75. The van der Waals surface area contributed by atoms with Crippen LogP contribution in [0.3, 0.4) is 0 Å². The fourth-order valence-corrected chi connectivity index (χ4v) is 3.85. The molecule has 1 fully saturated rings. The average Bonchev–Trinajstić information content (AvgIpc) is 3.13. The van der Waals surface area contributed by atoms with Crippen LogP contribution in [-0.4, -0.2) is 39.2 Å². The number of nitrogens with one attached hydrogen (secondary N) is 1. The van der Waals surface area contributed by atoms with E-state index in [-0.39, 0.29) is 11.8 Å². The fourth-order valence-electron chi connectivity index (χ4n) is 3.16. The lowest BCUT2D eigenvalue weighted by Crippen LogP contribution is -2.38. The highest BCUT2D eigenvalue weighted by Gasteiger charge is 2.26. The van der Waals surface area contributed by atoms with E-state index in [0.29, 0.717) is 5.13 Å². The molecule has 0 unspecified atom stereocenters. The molecule has 1 amide bonds. The van der Waals surface area contributed by atoms with Crippen molar-refractivity contribution in [3.05, 3.63) is 47.7 Å². The highest BCUT2D eigenvalue weighted by Crippen LogP contribution is 2.25. The van der Waals surface area contributed by atoms with E-state index < -0.39 is 0 Å². The van der Waals surface area contributed by atoms with Gasteiger partial charge in [-0.05, 0) is 44.0 Å². The van der Waals surface area contributed by atoms with Crippen molar-refractivity contribution in [2.24, 2.45) is 5.92 Å². The van der Waals surface area contributed by atoms with E-state index in [9.17, 15) is 4.79 Å². The average molecular weight is 380 g/mol. The zero-order chi connectivity index (χ0) is 18.6. The number of aryl methyl sites for hydroxylation is 1.